The highest BCUT2D eigenvalue weighted by molar-refractivity contribution is 14.0. The average molecular weight is 502 g/mol. The standard InChI is InChI=1S/C16H30N4O2S2.HI/c1-17-15(19-8-6-16(14-19)4-2-3-5-16)18-7-13-24(21,22)20-9-11-23-12-10-20;/h2-14H2,1H3,(H,17,18);1H. The first kappa shape index (κ1) is 21.6. The van der Waals surface area contributed by atoms with Gasteiger partial charge in [-0.2, -0.15) is 11.8 Å². The van der Waals surface area contributed by atoms with Crippen LogP contribution >= 0.6 is 35.7 Å². The van der Waals surface area contributed by atoms with Crippen LogP contribution in [0.3, 0.4) is 0 Å². The maximum Gasteiger partial charge on any atom is 0.215 e. The zero-order valence-electron chi connectivity index (χ0n) is 15.1. The van der Waals surface area contributed by atoms with E-state index in [1.807, 2.05) is 11.8 Å². The number of halogens is 1. The molecule has 3 aliphatic rings. The second-order valence-electron chi connectivity index (χ2n) is 7.18. The first-order chi connectivity index (χ1) is 11.5. The first-order valence-electron chi connectivity index (χ1n) is 9.06. The molecular formula is C16H31IN4O2S2. The van der Waals surface area contributed by atoms with Crippen LogP contribution in [0, 0.1) is 5.41 Å². The van der Waals surface area contributed by atoms with Crippen molar-refractivity contribution in [2.45, 2.75) is 32.1 Å². The Labute approximate surface area is 173 Å². The van der Waals surface area contributed by atoms with E-state index in [1.54, 1.807) is 11.4 Å². The van der Waals surface area contributed by atoms with Crippen molar-refractivity contribution in [1.29, 1.82) is 0 Å². The summed E-state index contributed by atoms with van der Waals surface area (Å²) in [4.78, 5) is 6.69. The fraction of sp³-hybridized carbons (Fsp3) is 0.938. The predicted molar refractivity (Wildman–Crippen MR) is 117 cm³/mol. The second kappa shape index (κ2) is 9.45. The van der Waals surface area contributed by atoms with Gasteiger partial charge in [0.25, 0.3) is 0 Å². The van der Waals surface area contributed by atoms with Gasteiger partial charge in [0.05, 0.1) is 5.75 Å². The second-order valence-corrected chi connectivity index (χ2v) is 10.5. The van der Waals surface area contributed by atoms with Crippen molar-refractivity contribution in [3.05, 3.63) is 0 Å². The van der Waals surface area contributed by atoms with Gasteiger partial charge in [0.15, 0.2) is 5.96 Å². The third kappa shape index (κ3) is 5.38. The molecule has 2 heterocycles. The maximum atomic E-state index is 12.4. The van der Waals surface area contributed by atoms with Crippen LogP contribution in [0.1, 0.15) is 32.1 Å². The normalized spacial score (nSPS) is 24.5. The largest absolute Gasteiger partial charge is 0.355 e. The number of hydrogen-bond acceptors (Lipinski definition) is 4. The molecule has 1 saturated carbocycles. The van der Waals surface area contributed by atoms with Crippen LogP contribution in [-0.4, -0.2) is 80.6 Å². The first-order valence-corrected chi connectivity index (χ1v) is 11.8. The molecule has 1 spiro atoms. The molecule has 0 radical (unpaired) electrons. The Hall–Kier alpha value is 0.260. The Bertz CT molecular complexity index is 558. The summed E-state index contributed by atoms with van der Waals surface area (Å²) in [5, 5.41) is 3.28. The summed E-state index contributed by atoms with van der Waals surface area (Å²) in [7, 11) is -1.36. The third-order valence-electron chi connectivity index (χ3n) is 5.62. The summed E-state index contributed by atoms with van der Waals surface area (Å²) in [6, 6.07) is 0. The van der Waals surface area contributed by atoms with Gasteiger partial charge in [0.2, 0.25) is 10.0 Å². The van der Waals surface area contributed by atoms with Crippen LogP contribution in [-0.2, 0) is 10.0 Å². The van der Waals surface area contributed by atoms with Gasteiger partial charge in [-0.15, -0.1) is 24.0 Å². The molecule has 0 aromatic carbocycles. The Kier molecular flexibility index (Phi) is 8.15. The van der Waals surface area contributed by atoms with Crippen molar-refractivity contribution in [3.8, 4) is 0 Å². The lowest BCUT2D eigenvalue weighted by molar-refractivity contribution is 0.309. The van der Waals surface area contributed by atoms with Crippen molar-refractivity contribution in [2.75, 3.05) is 57.0 Å². The van der Waals surface area contributed by atoms with Crippen LogP contribution in [0.25, 0.3) is 0 Å². The highest BCUT2D eigenvalue weighted by Gasteiger charge is 2.41. The van der Waals surface area contributed by atoms with Crippen molar-refractivity contribution in [3.63, 3.8) is 0 Å². The molecule has 146 valence electrons. The lowest BCUT2D eigenvalue weighted by Gasteiger charge is -2.27. The minimum absolute atomic E-state index is 0. The molecule has 25 heavy (non-hydrogen) atoms. The fourth-order valence-corrected chi connectivity index (χ4v) is 6.72. The minimum atomic E-state index is -3.15. The van der Waals surface area contributed by atoms with E-state index in [0.717, 1.165) is 30.6 Å². The summed E-state index contributed by atoms with van der Waals surface area (Å²) in [6.45, 7) is 3.84. The lowest BCUT2D eigenvalue weighted by Crippen LogP contribution is -2.45. The van der Waals surface area contributed by atoms with E-state index in [-0.39, 0.29) is 29.7 Å². The number of nitrogens with one attached hydrogen (secondary N) is 1. The fourth-order valence-electron chi connectivity index (χ4n) is 4.23. The maximum absolute atomic E-state index is 12.4. The van der Waals surface area contributed by atoms with Gasteiger partial charge in [0.1, 0.15) is 0 Å². The lowest BCUT2D eigenvalue weighted by atomic mass is 9.86. The summed E-state index contributed by atoms with van der Waals surface area (Å²) >= 11 is 1.83. The van der Waals surface area contributed by atoms with Crippen LogP contribution in [0.2, 0.25) is 0 Å². The Morgan fingerprint density at radius 2 is 1.84 bits per heavy atom. The quantitative estimate of drug-likeness (QED) is 0.361. The molecule has 0 bridgehead atoms. The van der Waals surface area contributed by atoms with E-state index in [0.29, 0.717) is 25.0 Å². The zero-order valence-corrected chi connectivity index (χ0v) is 19.0. The molecule has 0 unspecified atom stereocenters. The SMILES string of the molecule is CN=C(NCCS(=O)(=O)N1CCSCC1)N1CCC2(CCCC2)C1.I. The number of likely N-dealkylation sites (tertiary alicyclic amines) is 1. The molecule has 0 aromatic rings. The smallest absolute Gasteiger partial charge is 0.215 e. The highest BCUT2D eigenvalue weighted by Crippen LogP contribution is 2.45. The van der Waals surface area contributed by atoms with E-state index < -0.39 is 10.0 Å². The van der Waals surface area contributed by atoms with Gasteiger partial charge in [-0.3, -0.25) is 4.99 Å². The van der Waals surface area contributed by atoms with E-state index in [9.17, 15) is 8.42 Å². The molecule has 1 N–H and O–H groups in total. The van der Waals surface area contributed by atoms with Gasteiger partial charge in [-0.25, -0.2) is 12.7 Å². The Balaban J connectivity index is 0.00000225. The molecule has 1 aliphatic carbocycles. The molecule has 3 fully saturated rings. The van der Waals surface area contributed by atoms with Crippen molar-refractivity contribution in [1.82, 2.24) is 14.5 Å². The van der Waals surface area contributed by atoms with E-state index in [4.69, 9.17) is 0 Å². The molecule has 9 heteroatoms. The van der Waals surface area contributed by atoms with Crippen molar-refractivity contribution < 1.29 is 8.42 Å². The number of aliphatic imine (C=N–C) groups is 1. The molecule has 2 saturated heterocycles. The molecule has 0 amide bonds. The highest BCUT2D eigenvalue weighted by atomic mass is 127. The molecule has 0 aromatic heterocycles. The summed E-state index contributed by atoms with van der Waals surface area (Å²) in [6.07, 6.45) is 6.62. The van der Waals surface area contributed by atoms with Gasteiger partial charge < -0.3 is 10.2 Å². The van der Waals surface area contributed by atoms with Crippen molar-refractivity contribution in [2.24, 2.45) is 10.4 Å². The number of hydrogen-bond donors (Lipinski definition) is 1. The Morgan fingerprint density at radius 3 is 2.48 bits per heavy atom. The van der Waals surface area contributed by atoms with Crippen LogP contribution in [0.15, 0.2) is 4.99 Å². The van der Waals surface area contributed by atoms with Crippen molar-refractivity contribution >= 4 is 51.7 Å². The molecule has 0 atom stereocenters. The van der Waals surface area contributed by atoms with E-state index >= 15 is 0 Å². The third-order valence-corrected chi connectivity index (χ3v) is 8.43. The van der Waals surface area contributed by atoms with Crippen LogP contribution in [0.5, 0.6) is 0 Å². The molecular weight excluding hydrogens is 471 g/mol. The summed E-state index contributed by atoms with van der Waals surface area (Å²) in [5.41, 5.74) is 0.495. The molecule has 3 rings (SSSR count). The topological polar surface area (TPSA) is 65.0 Å². The molecule has 2 aliphatic heterocycles. The minimum Gasteiger partial charge on any atom is -0.355 e. The van der Waals surface area contributed by atoms with Gasteiger partial charge in [0, 0.05) is 51.3 Å². The van der Waals surface area contributed by atoms with E-state index in [1.165, 1.54) is 32.1 Å². The number of thioether (sulfide) groups is 1. The van der Waals surface area contributed by atoms with E-state index in [2.05, 4.69) is 15.2 Å². The van der Waals surface area contributed by atoms with Gasteiger partial charge >= 0.3 is 0 Å². The predicted octanol–water partition coefficient (Wildman–Crippen LogP) is 1.82. The average Bonchev–Trinajstić information content (AvgIpc) is 3.23. The van der Waals surface area contributed by atoms with Gasteiger partial charge in [-0.1, -0.05) is 12.8 Å². The van der Waals surface area contributed by atoms with Crippen LogP contribution in [0.4, 0.5) is 0 Å². The zero-order chi connectivity index (χ0) is 17.0. The summed E-state index contributed by atoms with van der Waals surface area (Å²) in [5.74, 6) is 2.83. The number of guanidine groups is 1. The summed E-state index contributed by atoms with van der Waals surface area (Å²) < 4.78 is 26.4. The number of rotatable bonds is 4. The van der Waals surface area contributed by atoms with Gasteiger partial charge in [-0.05, 0) is 24.7 Å². The molecule has 6 nitrogen and oxygen atoms in total. The Morgan fingerprint density at radius 1 is 1.16 bits per heavy atom. The van der Waals surface area contributed by atoms with Crippen LogP contribution < -0.4 is 5.32 Å². The number of nitrogens with zero attached hydrogens (tertiary/aromatic N) is 3. The monoisotopic (exact) mass is 502 g/mol. The number of sulfonamides is 1.